The highest BCUT2D eigenvalue weighted by Gasteiger charge is 2.06. The maximum Gasteiger partial charge on any atom is 0.130 e. The lowest BCUT2D eigenvalue weighted by molar-refractivity contribution is 0.290. The second kappa shape index (κ2) is 5.71. The Kier molecular flexibility index (Phi) is 4.03. The van der Waals surface area contributed by atoms with Crippen molar-refractivity contribution in [2.45, 2.75) is 40.3 Å². The van der Waals surface area contributed by atoms with E-state index >= 15 is 0 Å². The van der Waals surface area contributed by atoms with E-state index in [1.807, 2.05) is 12.5 Å². The molecule has 0 bridgehead atoms. The number of ether oxygens (including phenoxy) is 1. The molecule has 96 valence electrons. The molecule has 2 aromatic rings. The van der Waals surface area contributed by atoms with Gasteiger partial charge >= 0.3 is 0 Å². The molecule has 0 atom stereocenters. The lowest BCUT2D eigenvalue weighted by Gasteiger charge is -2.13. The molecule has 0 aliphatic heterocycles. The lowest BCUT2D eigenvalue weighted by atomic mass is 10.1. The van der Waals surface area contributed by atoms with Gasteiger partial charge in [0.1, 0.15) is 12.4 Å². The molecule has 0 aliphatic carbocycles. The van der Waals surface area contributed by atoms with Crippen LogP contribution in [0.1, 0.15) is 30.2 Å². The Morgan fingerprint density at radius 1 is 1.22 bits per heavy atom. The van der Waals surface area contributed by atoms with E-state index in [2.05, 4.69) is 48.5 Å². The molecule has 0 amide bonds. The summed E-state index contributed by atoms with van der Waals surface area (Å²) in [5, 5.41) is 0. The molecule has 0 fully saturated rings. The van der Waals surface area contributed by atoms with Gasteiger partial charge in [0, 0.05) is 6.54 Å². The van der Waals surface area contributed by atoms with Crippen LogP contribution in [0.25, 0.3) is 0 Å². The predicted octanol–water partition coefficient (Wildman–Crippen LogP) is 3.49. The molecule has 0 unspecified atom stereocenters. The maximum absolute atomic E-state index is 5.94. The Hall–Kier alpha value is -1.77. The number of rotatable bonds is 5. The van der Waals surface area contributed by atoms with Crippen LogP contribution in [-0.2, 0) is 13.2 Å². The van der Waals surface area contributed by atoms with Crippen molar-refractivity contribution < 1.29 is 4.74 Å². The molecule has 2 rings (SSSR count). The second-order valence-electron chi connectivity index (χ2n) is 4.59. The quantitative estimate of drug-likeness (QED) is 0.805. The standard InChI is InChI=1S/C15H20N2O/c1-4-8-17-11-16-9-14(17)10-18-15-12(2)6-5-7-13(15)3/h5-7,9,11H,4,8,10H2,1-3H3. The molecule has 3 nitrogen and oxygen atoms in total. The SMILES string of the molecule is CCCn1cncc1COc1c(C)cccc1C. The smallest absolute Gasteiger partial charge is 0.130 e. The van der Waals surface area contributed by atoms with Crippen LogP contribution in [0.5, 0.6) is 5.75 Å². The molecule has 1 aromatic heterocycles. The number of hydrogen-bond acceptors (Lipinski definition) is 2. The largest absolute Gasteiger partial charge is 0.487 e. The van der Waals surface area contributed by atoms with Crippen LogP contribution in [0.4, 0.5) is 0 Å². The van der Waals surface area contributed by atoms with E-state index in [4.69, 9.17) is 4.74 Å². The van der Waals surface area contributed by atoms with Crippen molar-refractivity contribution in [1.82, 2.24) is 9.55 Å². The van der Waals surface area contributed by atoms with E-state index in [1.54, 1.807) is 0 Å². The summed E-state index contributed by atoms with van der Waals surface area (Å²) >= 11 is 0. The molecule has 1 heterocycles. The first-order valence-corrected chi connectivity index (χ1v) is 6.40. The number of hydrogen-bond donors (Lipinski definition) is 0. The lowest BCUT2D eigenvalue weighted by Crippen LogP contribution is -2.06. The van der Waals surface area contributed by atoms with Crippen molar-refractivity contribution in [3.05, 3.63) is 47.5 Å². The molecule has 18 heavy (non-hydrogen) atoms. The zero-order valence-electron chi connectivity index (χ0n) is 11.3. The highest BCUT2D eigenvalue weighted by molar-refractivity contribution is 5.39. The molecular formula is C15H20N2O. The second-order valence-corrected chi connectivity index (χ2v) is 4.59. The molecule has 1 aromatic carbocycles. The fourth-order valence-corrected chi connectivity index (χ4v) is 2.08. The molecule has 3 heteroatoms. The number of para-hydroxylation sites is 1. The first-order valence-electron chi connectivity index (χ1n) is 6.40. The minimum atomic E-state index is 0.575. The van der Waals surface area contributed by atoms with Gasteiger partial charge < -0.3 is 9.30 Å². The summed E-state index contributed by atoms with van der Waals surface area (Å²) in [6.07, 6.45) is 4.85. The van der Waals surface area contributed by atoms with E-state index in [9.17, 15) is 0 Å². The minimum Gasteiger partial charge on any atom is -0.487 e. The van der Waals surface area contributed by atoms with Crippen LogP contribution in [-0.4, -0.2) is 9.55 Å². The van der Waals surface area contributed by atoms with E-state index in [0.29, 0.717) is 6.61 Å². The van der Waals surface area contributed by atoms with Gasteiger partial charge in [-0.25, -0.2) is 4.98 Å². The van der Waals surface area contributed by atoms with Gasteiger partial charge in [0.25, 0.3) is 0 Å². The highest BCUT2D eigenvalue weighted by atomic mass is 16.5. The van der Waals surface area contributed by atoms with Gasteiger partial charge in [-0.15, -0.1) is 0 Å². The Morgan fingerprint density at radius 2 is 1.94 bits per heavy atom. The number of benzene rings is 1. The fraction of sp³-hybridized carbons (Fsp3) is 0.400. The van der Waals surface area contributed by atoms with Crippen molar-refractivity contribution in [3.63, 3.8) is 0 Å². The van der Waals surface area contributed by atoms with Crippen LogP contribution in [0.3, 0.4) is 0 Å². The van der Waals surface area contributed by atoms with Gasteiger partial charge in [-0.2, -0.15) is 0 Å². The third kappa shape index (κ3) is 2.73. The van der Waals surface area contributed by atoms with E-state index in [-0.39, 0.29) is 0 Å². The predicted molar refractivity (Wildman–Crippen MR) is 72.8 cm³/mol. The van der Waals surface area contributed by atoms with Crippen LogP contribution >= 0.6 is 0 Å². The molecule has 0 spiro atoms. The number of aromatic nitrogens is 2. The average molecular weight is 244 g/mol. The summed E-state index contributed by atoms with van der Waals surface area (Å²) < 4.78 is 8.08. The van der Waals surface area contributed by atoms with Crippen LogP contribution in [0.2, 0.25) is 0 Å². The highest BCUT2D eigenvalue weighted by Crippen LogP contribution is 2.23. The molecular weight excluding hydrogens is 224 g/mol. The van der Waals surface area contributed by atoms with Crippen LogP contribution < -0.4 is 4.74 Å². The summed E-state index contributed by atoms with van der Waals surface area (Å²) in [4.78, 5) is 4.18. The van der Waals surface area contributed by atoms with Crippen molar-refractivity contribution in [3.8, 4) is 5.75 Å². The average Bonchev–Trinajstić information content (AvgIpc) is 2.77. The molecule has 0 saturated carbocycles. The van der Waals surface area contributed by atoms with Crippen molar-refractivity contribution in [1.29, 1.82) is 0 Å². The van der Waals surface area contributed by atoms with Crippen LogP contribution in [0, 0.1) is 13.8 Å². The van der Waals surface area contributed by atoms with Gasteiger partial charge in [-0.05, 0) is 31.4 Å². The summed E-state index contributed by atoms with van der Waals surface area (Å²) in [5.41, 5.74) is 3.48. The summed E-state index contributed by atoms with van der Waals surface area (Å²) in [7, 11) is 0. The number of imidazole rings is 1. The Morgan fingerprint density at radius 3 is 2.61 bits per heavy atom. The van der Waals surface area contributed by atoms with E-state index in [1.165, 1.54) is 11.1 Å². The van der Waals surface area contributed by atoms with Gasteiger partial charge in [0.05, 0.1) is 18.2 Å². The van der Waals surface area contributed by atoms with Crippen molar-refractivity contribution in [2.24, 2.45) is 0 Å². The summed E-state index contributed by atoms with van der Waals surface area (Å²) in [6, 6.07) is 6.20. The maximum atomic E-state index is 5.94. The minimum absolute atomic E-state index is 0.575. The first kappa shape index (κ1) is 12.7. The molecule has 0 N–H and O–H groups in total. The normalized spacial score (nSPS) is 10.6. The Bertz CT molecular complexity index is 497. The van der Waals surface area contributed by atoms with Gasteiger partial charge in [-0.1, -0.05) is 25.1 Å². The van der Waals surface area contributed by atoms with Crippen molar-refractivity contribution >= 4 is 0 Å². The summed E-state index contributed by atoms with van der Waals surface area (Å²) in [5.74, 6) is 0.988. The zero-order chi connectivity index (χ0) is 13.0. The Balaban J connectivity index is 2.09. The Labute approximate surface area is 108 Å². The fourth-order valence-electron chi connectivity index (χ4n) is 2.08. The van der Waals surface area contributed by atoms with Gasteiger partial charge in [0.15, 0.2) is 0 Å². The number of aryl methyl sites for hydroxylation is 3. The van der Waals surface area contributed by atoms with Gasteiger partial charge in [0.2, 0.25) is 0 Å². The molecule has 0 aliphatic rings. The topological polar surface area (TPSA) is 27.1 Å². The zero-order valence-corrected chi connectivity index (χ0v) is 11.3. The first-order chi connectivity index (χ1) is 8.72. The molecule has 0 saturated heterocycles. The third-order valence-electron chi connectivity index (χ3n) is 3.04. The molecule has 0 radical (unpaired) electrons. The monoisotopic (exact) mass is 244 g/mol. The number of nitrogens with zero attached hydrogens (tertiary/aromatic N) is 2. The van der Waals surface area contributed by atoms with Crippen molar-refractivity contribution in [2.75, 3.05) is 0 Å². The third-order valence-corrected chi connectivity index (χ3v) is 3.04. The van der Waals surface area contributed by atoms with E-state index < -0.39 is 0 Å². The van der Waals surface area contributed by atoms with E-state index in [0.717, 1.165) is 24.4 Å². The summed E-state index contributed by atoms with van der Waals surface area (Å²) in [6.45, 7) is 7.88. The van der Waals surface area contributed by atoms with Crippen LogP contribution in [0.15, 0.2) is 30.7 Å². The van der Waals surface area contributed by atoms with Gasteiger partial charge in [-0.3, -0.25) is 0 Å².